The van der Waals surface area contributed by atoms with E-state index in [-0.39, 0.29) is 0 Å². The van der Waals surface area contributed by atoms with Crippen LogP contribution in [-0.2, 0) is 4.74 Å². The minimum atomic E-state index is 0.506. The first kappa shape index (κ1) is 13.4. The summed E-state index contributed by atoms with van der Waals surface area (Å²) in [6.07, 6.45) is 1.13. The Labute approximate surface area is 110 Å². The van der Waals surface area contributed by atoms with E-state index in [0.717, 1.165) is 32.7 Å². The zero-order chi connectivity index (χ0) is 13.0. The van der Waals surface area contributed by atoms with Gasteiger partial charge in [0.15, 0.2) is 0 Å². The quantitative estimate of drug-likeness (QED) is 0.883. The Morgan fingerprint density at radius 2 is 2.22 bits per heavy atom. The second kappa shape index (κ2) is 6.21. The summed E-state index contributed by atoms with van der Waals surface area (Å²) < 4.78 is 5.48. The average molecular weight is 248 g/mol. The van der Waals surface area contributed by atoms with Crippen molar-refractivity contribution in [3.8, 4) is 0 Å². The molecule has 1 aliphatic heterocycles. The number of morpholine rings is 1. The van der Waals surface area contributed by atoms with Crippen LogP contribution in [0.1, 0.15) is 17.5 Å². The van der Waals surface area contributed by atoms with Crippen LogP contribution in [0, 0.1) is 13.8 Å². The zero-order valence-electron chi connectivity index (χ0n) is 11.7. The summed E-state index contributed by atoms with van der Waals surface area (Å²) in [6.45, 7) is 8.06. The molecule has 3 nitrogen and oxygen atoms in total. The number of benzene rings is 1. The van der Waals surface area contributed by atoms with Crippen molar-refractivity contribution < 1.29 is 4.74 Å². The van der Waals surface area contributed by atoms with Crippen molar-refractivity contribution in [2.45, 2.75) is 26.3 Å². The summed E-state index contributed by atoms with van der Waals surface area (Å²) in [7, 11) is 2.17. The second-order valence-corrected chi connectivity index (χ2v) is 5.23. The highest BCUT2D eigenvalue weighted by Crippen LogP contribution is 2.20. The van der Waals surface area contributed by atoms with Gasteiger partial charge in [-0.3, -0.25) is 0 Å². The SMILES string of the molecule is Cc1ccc(C)c(N(C)CCC2COCCN2)c1. The average Bonchev–Trinajstić information content (AvgIpc) is 2.40. The molecule has 1 aliphatic rings. The van der Waals surface area contributed by atoms with Gasteiger partial charge in [-0.25, -0.2) is 0 Å². The van der Waals surface area contributed by atoms with Gasteiger partial charge in [0.25, 0.3) is 0 Å². The van der Waals surface area contributed by atoms with Crippen LogP contribution in [0.4, 0.5) is 5.69 Å². The van der Waals surface area contributed by atoms with E-state index in [9.17, 15) is 0 Å². The van der Waals surface area contributed by atoms with Crippen LogP contribution in [0.3, 0.4) is 0 Å². The van der Waals surface area contributed by atoms with Gasteiger partial charge in [0, 0.05) is 31.9 Å². The van der Waals surface area contributed by atoms with Gasteiger partial charge < -0.3 is 15.0 Å². The topological polar surface area (TPSA) is 24.5 Å². The largest absolute Gasteiger partial charge is 0.379 e. The van der Waals surface area contributed by atoms with Gasteiger partial charge >= 0.3 is 0 Å². The lowest BCUT2D eigenvalue weighted by Crippen LogP contribution is -2.43. The van der Waals surface area contributed by atoms with Crippen LogP contribution in [-0.4, -0.2) is 39.4 Å². The van der Waals surface area contributed by atoms with Crippen LogP contribution < -0.4 is 10.2 Å². The Hall–Kier alpha value is -1.06. The molecule has 1 atom stereocenters. The lowest BCUT2D eigenvalue weighted by Gasteiger charge is -2.27. The molecule has 1 N–H and O–H groups in total. The molecule has 1 unspecified atom stereocenters. The van der Waals surface area contributed by atoms with Crippen LogP contribution in [0.2, 0.25) is 0 Å². The van der Waals surface area contributed by atoms with Crippen molar-refractivity contribution in [2.75, 3.05) is 38.3 Å². The Balaban J connectivity index is 1.90. The monoisotopic (exact) mass is 248 g/mol. The van der Waals surface area contributed by atoms with Crippen molar-refractivity contribution in [1.29, 1.82) is 0 Å². The van der Waals surface area contributed by atoms with Crippen molar-refractivity contribution in [3.05, 3.63) is 29.3 Å². The summed E-state index contributed by atoms with van der Waals surface area (Å²) in [5.41, 5.74) is 4.00. The number of nitrogens with one attached hydrogen (secondary N) is 1. The maximum Gasteiger partial charge on any atom is 0.0620 e. The Morgan fingerprint density at radius 3 is 2.94 bits per heavy atom. The van der Waals surface area contributed by atoms with Gasteiger partial charge in [0.2, 0.25) is 0 Å². The molecule has 0 radical (unpaired) electrons. The standard InChI is InChI=1S/C15H24N2O/c1-12-4-5-13(2)15(10-12)17(3)8-6-14-11-18-9-7-16-14/h4-5,10,14,16H,6-9,11H2,1-3H3. The van der Waals surface area contributed by atoms with Crippen molar-refractivity contribution >= 4 is 5.69 Å². The van der Waals surface area contributed by atoms with Crippen molar-refractivity contribution in [2.24, 2.45) is 0 Å². The Bertz CT molecular complexity index is 386. The lowest BCUT2D eigenvalue weighted by atomic mass is 10.1. The molecular weight excluding hydrogens is 224 g/mol. The third-order valence-electron chi connectivity index (χ3n) is 3.59. The van der Waals surface area contributed by atoms with Gasteiger partial charge in [0.1, 0.15) is 0 Å². The molecule has 1 aromatic rings. The van der Waals surface area contributed by atoms with Gasteiger partial charge in [0.05, 0.1) is 13.2 Å². The third kappa shape index (κ3) is 3.47. The van der Waals surface area contributed by atoms with Crippen LogP contribution in [0.25, 0.3) is 0 Å². The first-order valence-corrected chi connectivity index (χ1v) is 6.76. The Kier molecular flexibility index (Phi) is 4.61. The maximum atomic E-state index is 5.48. The molecule has 1 heterocycles. The van der Waals surface area contributed by atoms with Crippen molar-refractivity contribution in [1.82, 2.24) is 5.32 Å². The number of ether oxygens (including phenoxy) is 1. The molecule has 0 amide bonds. The first-order chi connectivity index (χ1) is 8.66. The van der Waals surface area contributed by atoms with E-state index in [1.165, 1.54) is 16.8 Å². The predicted molar refractivity (Wildman–Crippen MR) is 76.4 cm³/mol. The third-order valence-corrected chi connectivity index (χ3v) is 3.59. The molecule has 2 rings (SSSR count). The van der Waals surface area contributed by atoms with Gasteiger partial charge in [-0.1, -0.05) is 12.1 Å². The fourth-order valence-electron chi connectivity index (χ4n) is 2.41. The molecule has 0 aliphatic carbocycles. The summed E-state index contributed by atoms with van der Waals surface area (Å²) in [6, 6.07) is 7.14. The molecular formula is C15H24N2O. The van der Waals surface area contributed by atoms with Crippen LogP contribution in [0.5, 0.6) is 0 Å². The highest BCUT2D eigenvalue weighted by atomic mass is 16.5. The van der Waals surface area contributed by atoms with E-state index >= 15 is 0 Å². The number of rotatable bonds is 4. The van der Waals surface area contributed by atoms with Crippen LogP contribution >= 0.6 is 0 Å². The lowest BCUT2D eigenvalue weighted by molar-refractivity contribution is 0.0749. The normalized spacial score (nSPS) is 19.8. The number of nitrogens with zero attached hydrogens (tertiary/aromatic N) is 1. The number of anilines is 1. The molecule has 0 saturated carbocycles. The van der Waals surface area contributed by atoms with Crippen molar-refractivity contribution in [3.63, 3.8) is 0 Å². The highest BCUT2D eigenvalue weighted by molar-refractivity contribution is 5.54. The van der Waals surface area contributed by atoms with E-state index in [0.29, 0.717) is 6.04 Å². The predicted octanol–water partition coefficient (Wildman–Crippen LogP) is 2.12. The van der Waals surface area contributed by atoms with Gasteiger partial charge in [-0.05, 0) is 37.5 Å². The molecule has 100 valence electrons. The van der Waals surface area contributed by atoms with E-state index in [4.69, 9.17) is 4.74 Å². The first-order valence-electron chi connectivity index (χ1n) is 6.76. The molecule has 0 bridgehead atoms. The van der Waals surface area contributed by atoms with E-state index in [1.54, 1.807) is 0 Å². The minimum absolute atomic E-state index is 0.506. The molecule has 1 fully saturated rings. The summed E-state index contributed by atoms with van der Waals surface area (Å²) in [5, 5.41) is 3.50. The van der Waals surface area contributed by atoms with Gasteiger partial charge in [-0.15, -0.1) is 0 Å². The maximum absolute atomic E-state index is 5.48. The molecule has 0 aromatic heterocycles. The van der Waals surface area contributed by atoms with E-state index in [2.05, 4.69) is 49.3 Å². The second-order valence-electron chi connectivity index (χ2n) is 5.23. The van der Waals surface area contributed by atoms with E-state index < -0.39 is 0 Å². The summed E-state index contributed by atoms with van der Waals surface area (Å²) in [5.74, 6) is 0. The molecule has 1 saturated heterocycles. The smallest absolute Gasteiger partial charge is 0.0620 e. The summed E-state index contributed by atoms with van der Waals surface area (Å²) in [4.78, 5) is 2.35. The fourth-order valence-corrected chi connectivity index (χ4v) is 2.41. The number of hydrogen-bond donors (Lipinski definition) is 1. The Morgan fingerprint density at radius 1 is 1.39 bits per heavy atom. The highest BCUT2D eigenvalue weighted by Gasteiger charge is 2.14. The zero-order valence-corrected chi connectivity index (χ0v) is 11.7. The number of aryl methyl sites for hydroxylation is 2. The molecule has 18 heavy (non-hydrogen) atoms. The number of hydrogen-bond acceptors (Lipinski definition) is 3. The van der Waals surface area contributed by atoms with Gasteiger partial charge in [-0.2, -0.15) is 0 Å². The molecule has 3 heteroatoms. The van der Waals surface area contributed by atoms with E-state index in [1.807, 2.05) is 0 Å². The fraction of sp³-hybridized carbons (Fsp3) is 0.600. The molecule has 1 aromatic carbocycles. The van der Waals surface area contributed by atoms with Crippen LogP contribution in [0.15, 0.2) is 18.2 Å². The molecule has 0 spiro atoms. The minimum Gasteiger partial charge on any atom is -0.379 e. The summed E-state index contributed by atoms with van der Waals surface area (Å²) >= 11 is 0.